The van der Waals surface area contributed by atoms with Gasteiger partial charge in [-0.2, -0.15) is 0 Å². The van der Waals surface area contributed by atoms with Gasteiger partial charge in [-0.25, -0.2) is 9.61 Å². The Morgan fingerprint density at radius 2 is 2.11 bits per heavy atom. The van der Waals surface area contributed by atoms with Crippen molar-refractivity contribution in [2.24, 2.45) is 0 Å². The maximum absolute atomic E-state index is 11.9. The molecular formula is C13H12N4O2. The summed E-state index contributed by atoms with van der Waals surface area (Å²) in [5.74, 6) is 0. The Kier molecular flexibility index (Phi) is 2.83. The van der Waals surface area contributed by atoms with Crippen molar-refractivity contribution >= 4 is 11.3 Å². The van der Waals surface area contributed by atoms with Crippen LogP contribution in [0.1, 0.15) is 23.7 Å². The highest BCUT2D eigenvalue weighted by Gasteiger charge is 2.09. The maximum Gasteiger partial charge on any atom is 0.271 e. The largest absolute Gasteiger partial charge is 0.299 e. The zero-order valence-electron chi connectivity index (χ0n) is 10.4. The first-order chi connectivity index (χ1) is 9.26. The Bertz CT molecular complexity index is 775. The van der Waals surface area contributed by atoms with E-state index in [9.17, 15) is 4.79 Å². The van der Waals surface area contributed by atoms with Gasteiger partial charge in [-0.1, -0.05) is 31.2 Å². The summed E-state index contributed by atoms with van der Waals surface area (Å²) in [5, 5.41) is 7.18. The average Bonchev–Trinajstić information content (AvgIpc) is 2.86. The molecule has 19 heavy (non-hydrogen) atoms. The summed E-state index contributed by atoms with van der Waals surface area (Å²) in [6.45, 7) is 2.09. The van der Waals surface area contributed by atoms with Gasteiger partial charge in [0.25, 0.3) is 5.56 Å². The molecule has 2 heterocycles. The van der Waals surface area contributed by atoms with Gasteiger partial charge in [0.05, 0.1) is 0 Å². The van der Waals surface area contributed by atoms with E-state index in [1.165, 1.54) is 5.56 Å². The van der Waals surface area contributed by atoms with Gasteiger partial charge >= 0.3 is 0 Å². The second-order valence-corrected chi connectivity index (χ2v) is 4.30. The minimum absolute atomic E-state index is 0.259. The van der Waals surface area contributed by atoms with Crippen molar-refractivity contribution in [1.82, 2.24) is 20.3 Å². The molecule has 0 aliphatic heterocycles. The van der Waals surface area contributed by atoms with Crippen molar-refractivity contribution in [3.8, 4) is 0 Å². The molecule has 0 unspecified atom stereocenters. The van der Waals surface area contributed by atoms with Crippen molar-refractivity contribution in [3.05, 3.63) is 51.4 Å². The summed E-state index contributed by atoms with van der Waals surface area (Å²) in [6.07, 6.45) is 1.43. The van der Waals surface area contributed by atoms with Gasteiger partial charge < -0.3 is 0 Å². The Labute approximate surface area is 108 Å². The highest BCUT2D eigenvalue weighted by Crippen LogP contribution is 2.10. The molecule has 3 rings (SSSR count). The zero-order chi connectivity index (χ0) is 13.2. The first-order valence-electron chi connectivity index (χ1n) is 6.05. The highest BCUT2D eigenvalue weighted by molar-refractivity contribution is 5.62. The lowest BCUT2D eigenvalue weighted by Gasteiger charge is -2.02. The van der Waals surface area contributed by atoms with E-state index in [-0.39, 0.29) is 11.2 Å². The molecular weight excluding hydrogens is 244 g/mol. The van der Waals surface area contributed by atoms with E-state index in [2.05, 4.69) is 44.0 Å². The quantitative estimate of drug-likeness (QED) is 0.766. The van der Waals surface area contributed by atoms with Crippen LogP contribution in [-0.4, -0.2) is 20.3 Å². The first-order valence-corrected chi connectivity index (χ1v) is 6.05. The van der Waals surface area contributed by atoms with E-state index < -0.39 is 0 Å². The van der Waals surface area contributed by atoms with Crippen molar-refractivity contribution < 1.29 is 4.63 Å². The lowest BCUT2D eigenvalue weighted by Crippen LogP contribution is -2.15. The van der Waals surface area contributed by atoms with Crippen LogP contribution < -0.4 is 5.56 Å². The van der Waals surface area contributed by atoms with Crippen LogP contribution in [0.5, 0.6) is 0 Å². The van der Waals surface area contributed by atoms with Crippen LogP contribution >= 0.6 is 0 Å². The molecule has 0 aliphatic carbocycles. The van der Waals surface area contributed by atoms with Crippen LogP contribution in [0.25, 0.3) is 11.3 Å². The molecule has 3 aromatic rings. The second kappa shape index (κ2) is 4.64. The number of hydrogen-bond donors (Lipinski definition) is 1. The number of hydrogen-bond acceptors (Lipinski definition) is 5. The normalized spacial score (nSPS) is 11.0. The van der Waals surface area contributed by atoms with Gasteiger partial charge in [0.2, 0.25) is 11.3 Å². The molecule has 0 atom stereocenters. The van der Waals surface area contributed by atoms with Crippen molar-refractivity contribution in [2.75, 3.05) is 0 Å². The van der Waals surface area contributed by atoms with Crippen LogP contribution in [0, 0.1) is 0 Å². The van der Waals surface area contributed by atoms with E-state index in [0.29, 0.717) is 17.8 Å². The average molecular weight is 256 g/mol. The molecule has 0 saturated heterocycles. The fraction of sp³-hybridized carbons (Fsp3) is 0.231. The molecule has 1 N–H and O–H groups in total. The molecule has 2 aromatic heterocycles. The third-order valence-corrected chi connectivity index (χ3v) is 2.98. The lowest BCUT2D eigenvalue weighted by atomic mass is 10.1. The SMILES string of the molecule is CCc1cccc(Cc2nc3nonc3[nH]c2=O)c1. The smallest absolute Gasteiger partial charge is 0.271 e. The van der Waals surface area contributed by atoms with Crippen LogP contribution in [0.3, 0.4) is 0 Å². The fourth-order valence-corrected chi connectivity index (χ4v) is 1.97. The number of rotatable bonds is 3. The van der Waals surface area contributed by atoms with Gasteiger partial charge in [0.15, 0.2) is 0 Å². The van der Waals surface area contributed by atoms with Crippen molar-refractivity contribution in [2.45, 2.75) is 19.8 Å². The maximum atomic E-state index is 11.9. The number of nitrogens with one attached hydrogen (secondary N) is 1. The van der Waals surface area contributed by atoms with Crippen molar-refractivity contribution in [1.29, 1.82) is 0 Å². The molecule has 0 aliphatic rings. The summed E-state index contributed by atoms with van der Waals surface area (Å²) in [7, 11) is 0. The van der Waals surface area contributed by atoms with E-state index in [1.807, 2.05) is 12.1 Å². The van der Waals surface area contributed by atoms with Crippen molar-refractivity contribution in [3.63, 3.8) is 0 Å². The number of benzene rings is 1. The number of aryl methyl sites for hydroxylation is 1. The molecule has 1 aromatic carbocycles. The molecule has 96 valence electrons. The molecule has 0 fully saturated rings. The molecule has 0 saturated carbocycles. The minimum atomic E-state index is -0.259. The van der Waals surface area contributed by atoms with Gasteiger partial charge in [-0.05, 0) is 27.9 Å². The van der Waals surface area contributed by atoms with Gasteiger partial charge in [-0.3, -0.25) is 9.78 Å². The molecule has 6 heteroatoms. The fourth-order valence-electron chi connectivity index (χ4n) is 1.97. The molecule has 0 amide bonds. The Hall–Kier alpha value is -2.50. The van der Waals surface area contributed by atoms with E-state index >= 15 is 0 Å². The van der Waals surface area contributed by atoms with Crippen LogP contribution in [-0.2, 0) is 12.8 Å². The first kappa shape index (κ1) is 11.6. The summed E-state index contributed by atoms with van der Waals surface area (Å²) in [6, 6.07) is 8.10. The van der Waals surface area contributed by atoms with E-state index in [0.717, 1.165) is 12.0 Å². The van der Waals surface area contributed by atoms with Gasteiger partial charge in [0, 0.05) is 6.42 Å². The third-order valence-electron chi connectivity index (χ3n) is 2.98. The Morgan fingerprint density at radius 3 is 2.95 bits per heavy atom. The zero-order valence-corrected chi connectivity index (χ0v) is 10.4. The number of nitrogens with zero attached hydrogens (tertiary/aromatic N) is 3. The summed E-state index contributed by atoms with van der Waals surface area (Å²) >= 11 is 0. The molecule has 0 spiro atoms. The number of aromatic nitrogens is 4. The lowest BCUT2D eigenvalue weighted by molar-refractivity contribution is 0.314. The topological polar surface area (TPSA) is 84.7 Å². The number of H-pyrrole nitrogens is 1. The van der Waals surface area contributed by atoms with Crippen LogP contribution in [0.15, 0.2) is 33.7 Å². The van der Waals surface area contributed by atoms with E-state index in [1.54, 1.807) is 0 Å². The Morgan fingerprint density at radius 1 is 1.26 bits per heavy atom. The molecule has 0 radical (unpaired) electrons. The minimum Gasteiger partial charge on any atom is -0.299 e. The highest BCUT2D eigenvalue weighted by atomic mass is 16.6. The molecule has 6 nitrogen and oxygen atoms in total. The third kappa shape index (κ3) is 2.24. The number of fused-ring (bicyclic) bond motifs is 1. The summed E-state index contributed by atoms with van der Waals surface area (Å²) in [5.41, 5.74) is 3.03. The monoisotopic (exact) mass is 256 g/mol. The van der Waals surface area contributed by atoms with E-state index in [4.69, 9.17) is 0 Å². The van der Waals surface area contributed by atoms with Gasteiger partial charge in [-0.15, -0.1) is 0 Å². The summed E-state index contributed by atoms with van der Waals surface area (Å²) < 4.78 is 4.53. The second-order valence-electron chi connectivity index (χ2n) is 4.30. The van der Waals surface area contributed by atoms with Crippen LogP contribution in [0.4, 0.5) is 0 Å². The Balaban J connectivity index is 1.99. The predicted molar refractivity (Wildman–Crippen MR) is 68.8 cm³/mol. The molecule has 0 bridgehead atoms. The summed E-state index contributed by atoms with van der Waals surface area (Å²) in [4.78, 5) is 18.6. The van der Waals surface area contributed by atoms with Crippen LogP contribution in [0.2, 0.25) is 0 Å². The standard InChI is InChI=1S/C13H12N4O2/c1-2-8-4-3-5-9(6-8)7-10-13(18)15-12-11(14-10)16-19-17-12/h3-6H,2,7H2,1H3,(H,15,17,18). The number of aromatic amines is 1. The predicted octanol–water partition coefficient (Wildman–Crippen LogP) is 1.46. The van der Waals surface area contributed by atoms with Gasteiger partial charge in [0.1, 0.15) is 5.69 Å².